The van der Waals surface area contributed by atoms with Crippen LogP contribution in [0.2, 0.25) is 0 Å². The fourth-order valence-corrected chi connectivity index (χ4v) is 5.55. The van der Waals surface area contributed by atoms with E-state index in [-0.39, 0.29) is 15.7 Å². The van der Waals surface area contributed by atoms with Crippen molar-refractivity contribution in [3.63, 3.8) is 0 Å². The molecule has 5 nitrogen and oxygen atoms in total. The van der Waals surface area contributed by atoms with E-state index in [4.69, 9.17) is 0 Å². The number of amides is 1. The molecule has 24 heavy (non-hydrogen) atoms. The van der Waals surface area contributed by atoms with Gasteiger partial charge in [-0.15, -0.1) is 11.3 Å². The maximum Gasteiger partial charge on any atom is 0.267 e. The van der Waals surface area contributed by atoms with Crippen LogP contribution in [0.1, 0.15) is 34.5 Å². The minimum Gasteiger partial charge on any atom is -0.321 e. The maximum atomic E-state index is 12.8. The monoisotopic (exact) mass is 364 g/mol. The van der Waals surface area contributed by atoms with Crippen molar-refractivity contribution >= 4 is 33.0 Å². The fourth-order valence-electron chi connectivity index (χ4n) is 2.74. The number of piperidine rings is 1. The van der Waals surface area contributed by atoms with Gasteiger partial charge in [-0.3, -0.25) is 4.79 Å². The number of nitrogens with one attached hydrogen (secondary N) is 1. The second kappa shape index (κ2) is 7.04. The molecule has 0 aliphatic carbocycles. The van der Waals surface area contributed by atoms with Gasteiger partial charge in [-0.1, -0.05) is 24.1 Å². The minimum atomic E-state index is -3.61. The Labute approximate surface area is 146 Å². The Kier molecular flexibility index (Phi) is 5.03. The molecule has 1 amide bonds. The van der Waals surface area contributed by atoms with Crippen molar-refractivity contribution in [1.29, 1.82) is 0 Å². The molecule has 0 radical (unpaired) electrons. The summed E-state index contributed by atoms with van der Waals surface area (Å²) in [4.78, 5) is 12.9. The van der Waals surface area contributed by atoms with E-state index in [2.05, 4.69) is 5.32 Å². The predicted molar refractivity (Wildman–Crippen MR) is 96.1 cm³/mol. The molecule has 2 aromatic rings. The smallest absolute Gasteiger partial charge is 0.267 e. The van der Waals surface area contributed by atoms with E-state index in [1.54, 1.807) is 17.5 Å². The molecule has 0 atom stereocenters. The van der Waals surface area contributed by atoms with Crippen LogP contribution in [0.25, 0.3) is 0 Å². The Balaban J connectivity index is 1.84. The zero-order valence-corrected chi connectivity index (χ0v) is 15.1. The van der Waals surface area contributed by atoms with Crippen molar-refractivity contribution in [2.75, 3.05) is 18.4 Å². The SMILES string of the molecule is Cc1ccc(NC(=O)c2sccc2S(=O)(=O)N2CCCCC2)cc1. The van der Waals surface area contributed by atoms with Crippen LogP contribution >= 0.6 is 11.3 Å². The number of anilines is 1. The number of hydrogen-bond donors (Lipinski definition) is 1. The van der Waals surface area contributed by atoms with E-state index in [1.807, 2.05) is 19.1 Å². The molecule has 7 heteroatoms. The topological polar surface area (TPSA) is 66.5 Å². The van der Waals surface area contributed by atoms with Crippen LogP contribution in [0.5, 0.6) is 0 Å². The van der Waals surface area contributed by atoms with E-state index in [1.165, 1.54) is 10.4 Å². The highest BCUT2D eigenvalue weighted by atomic mass is 32.2. The molecule has 3 rings (SSSR count). The molecule has 1 saturated heterocycles. The van der Waals surface area contributed by atoms with E-state index in [0.717, 1.165) is 36.2 Å². The first-order valence-corrected chi connectivity index (χ1v) is 10.3. The number of sulfonamides is 1. The molecule has 0 unspecified atom stereocenters. The molecular formula is C17H20N2O3S2. The summed E-state index contributed by atoms with van der Waals surface area (Å²) in [6, 6.07) is 8.93. The van der Waals surface area contributed by atoms with Crippen LogP contribution in [-0.4, -0.2) is 31.7 Å². The third kappa shape index (κ3) is 3.53. The molecule has 1 aromatic heterocycles. The summed E-state index contributed by atoms with van der Waals surface area (Å²) in [5.41, 5.74) is 1.75. The summed E-state index contributed by atoms with van der Waals surface area (Å²) >= 11 is 1.15. The molecule has 1 N–H and O–H groups in total. The highest BCUT2D eigenvalue weighted by Gasteiger charge is 2.30. The summed E-state index contributed by atoms with van der Waals surface area (Å²) < 4.78 is 27.1. The number of benzene rings is 1. The van der Waals surface area contributed by atoms with Crippen LogP contribution in [0.15, 0.2) is 40.6 Å². The molecule has 0 bridgehead atoms. The molecular weight excluding hydrogens is 344 g/mol. The largest absolute Gasteiger partial charge is 0.321 e. The van der Waals surface area contributed by atoms with Crippen LogP contribution < -0.4 is 5.32 Å². The Morgan fingerprint density at radius 3 is 2.42 bits per heavy atom. The highest BCUT2D eigenvalue weighted by molar-refractivity contribution is 7.89. The fraction of sp³-hybridized carbons (Fsp3) is 0.353. The number of thiophene rings is 1. The molecule has 0 spiro atoms. The Bertz CT molecular complexity index is 820. The number of aryl methyl sites for hydroxylation is 1. The van der Waals surface area contributed by atoms with Crippen molar-refractivity contribution in [1.82, 2.24) is 4.31 Å². The lowest BCUT2D eigenvalue weighted by Crippen LogP contribution is -2.36. The van der Waals surface area contributed by atoms with Gasteiger partial charge in [-0.05, 0) is 43.3 Å². The maximum absolute atomic E-state index is 12.8. The number of hydrogen-bond acceptors (Lipinski definition) is 4. The number of rotatable bonds is 4. The van der Waals surface area contributed by atoms with Crippen molar-refractivity contribution in [3.05, 3.63) is 46.2 Å². The summed E-state index contributed by atoms with van der Waals surface area (Å²) in [6.45, 7) is 3.02. The lowest BCUT2D eigenvalue weighted by Gasteiger charge is -2.25. The first kappa shape index (κ1) is 17.1. The summed E-state index contributed by atoms with van der Waals surface area (Å²) in [5, 5.41) is 4.43. The van der Waals surface area contributed by atoms with Gasteiger partial charge in [0.25, 0.3) is 5.91 Å². The van der Waals surface area contributed by atoms with Crippen molar-refractivity contribution in [3.8, 4) is 0 Å². The van der Waals surface area contributed by atoms with Crippen LogP contribution in [0.4, 0.5) is 5.69 Å². The Morgan fingerprint density at radius 2 is 1.75 bits per heavy atom. The average Bonchev–Trinajstić information content (AvgIpc) is 3.08. The van der Waals surface area contributed by atoms with Gasteiger partial charge in [0.2, 0.25) is 10.0 Å². The summed E-state index contributed by atoms with van der Waals surface area (Å²) in [5.74, 6) is -0.385. The first-order valence-electron chi connectivity index (χ1n) is 7.94. The van der Waals surface area contributed by atoms with Crippen LogP contribution in [0.3, 0.4) is 0 Å². The lowest BCUT2D eigenvalue weighted by molar-refractivity contribution is 0.102. The Hall–Kier alpha value is -1.70. The van der Waals surface area contributed by atoms with E-state index in [9.17, 15) is 13.2 Å². The minimum absolute atomic E-state index is 0.110. The molecule has 2 heterocycles. The predicted octanol–water partition coefficient (Wildman–Crippen LogP) is 3.48. The van der Waals surface area contributed by atoms with Gasteiger partial charge in [0, 0.05) is 18.8 Å². The van der Waals surface area contributed by atoms with Crippen molar-refractivity contribution < 1.29 is 13.2 Å². The van der Waals surface area contributed by atoms with Crippen molar-refractivity contribution in [2.24, 2.45) is 0 Å². The second-order valence-corrected chi connectivity index (χ2v) is 8.72. The van der Waals surface area contributed by atoms with Gasteiger partial charge in [-0.2, -0.15) is 4.31 Å². The van der Waals surface area contributed by atoms with Crippen LogP contribution in [-0.2, 0) is 10.0 Å². The molecule has 1 aromatic carbocycles. The van der Waals surface area contributed by atoms with E-state index >= 15 is 0 Å². The van der Waals surface area contributed by atoms with Gasteiger partial charge in [0.05, 0.1) is 0 Å². The van der Waals surface area contributed by atoms with Gasteiger partial charge in [0.15, 0.2) is 0 Å². The third-order valence-corrected chi connectivity index (χ3v) is 7.06. The van der Waals surface area contributed by atoms with Gasteiger partial charge < -0.3 is 5.32 Å². The van der Waals surface area contributed by atoms with E-state index < -0.39 is 10.0 Å². The third-order valence-electron chi connectivity index (χ3n) is 4.08. The average molecular weight is 364 g/mol. The van der Waals surface area contributed by atoms with Crippen LogP contribution in [0, 0.1) is 6.92 Å². The molecule has 1 aliphatic heterocycles. The number of carbonyl (C=O) groups is 1. The van der Waals surface area contributed by atoms with Gasteiger partial charge >= 0.3 is 0 Å². The lowest BCUT2D eigenvalue weighted by atomic mass is 10.2. The molecule has 1 fully saturated rings. The van der Waals surface area contributed by atoms with E-state index in [0.29, 0.717) is 18.8 Å². The highest BCUT2D eigenvalue weighted by Crippen LogP contribution is 2.28. The summed E-state index contributed by atoms with van der Waals surface area (Å²) in [6.07, 6.45) is 2.79. The molecule has 0 saturated carbocycles. The molecule has 128 valence electrons. The van der Waals surface area contributed by atoms with Gasteiger partial charge in [0.1, 0.15) is 9.77 Å². The molecule has 1 aliphatic rings. The number of nitrogens with zero attached hydrogens (tertiary/aromatic N) is 1. The van der Waals surface area contributed by atoms with Crippen molar-refractivity contribution in [2.45, 2.75) is 31.1 Å². The zero-order valence-electron chi connectivity index (χ0n) is 13.5. The summed E-state index contributed by atoms with van der Waals surface area (Å²) in [7, 11) is -3.61. The second-order valence-electron chi connectivity index (χ2n) is 5.90. The Morgan fingerprint density at radius 1 is 1.08 bits per heavy atom. The quantitative estimate of drug-likeness (QED) is 0.903. The zero-order chi connectivity index (χ0) is 17.2. The number of carbonyl (C=O) groups excluding carboxylic acids is 1. The normalized spacial score (nSPS) is 16.0. The first-order chi connectivity index (χ1) is 11.5. The van der Waals surface area contributed by atoms with Gasteiger partial charge in [-0.25, -0.2) is 8.42 Å². The standard InChI is InChI=1S/C17H20N2O3S2/c1-13-5-7-14(8-6-13)18-17(20)16-15(9-12-23-16)24(21,22)19-10-3-2-4-11-19/h5-9,12H,2-4,10-11H2,1H3,(H,18,20).